The Balaban J connectivity index is 2.57. The van der Waals surface area contributed by atoms with Gasteiger partial charge in [0.15, 0.2) is 0 Å². The van der Waals surface area contributed by atoms with Gasteiger partial charge in [-0.25, -0.2) is 0 Å². The summed E-state index contributed by atoms with van der Waals surface area (Å²) < 4.78 is 11.1. The zero-order valence-electron chi connectivity index (χ0n) is 10.3. The number of rotatable bonds is 5. The highest BCUT2D eigenvalue weighted by molar-refractivity contribution is 5.81. The lowest BCUT2D eigenvalue weighted by molar-refractivity contribution is -0.131. The highest BCUT2D eigenvalue weighted by atomic mass is 16.5. The minimum atomic E-state index is -0.456. The zero-order valence-corrected chi connectivity index (χ0v) is 10.3. The van der Waals surface area contributed by atoms with Gasteiger partial charge in [0.1, 0.15) is 12.2 Å². The maximum Gasteiger partial charge on any atom is 0.239 e. The van der Waals surface area contributed by atoms with Crippen molar-refractivity contribution in [3.8, 4) is 0 Å². The van der Waals surface area contributed by atoms with E-state index in [0.717, 1.165) is 0 Å². The van der Waals surface area contributed by atoms with Crippen molar-refractivity contribution in [1.29, 1.82) is 0 Å². The normalized spacial score (nSPS) is 27.1. The molecule has 0 bridgehead atoms. The minimum Gasteiger partial charge on any atom is -0.374 e. The monoisotopic (exact) mass is 230 g/mol. The summed E-state index contributed by atoms with van der Waals surface area (Å²) in [6.07, 6.45) is -0.0414. The number of likely N-dealkylation sites (tertiary alicyclic amines) is 1. The molecule has 1 aliphatic heterocycles. The second-order valence-electron chi connectivity index (χ2n) is 4.02. The molecule has 0 aliphatic carbocycles. The zero-order chi connectivity index (χ0) is 12.1. The van der Waals surface area contributed by atoms with Gasteiger partial charge in [0.2, 0.25) is 5.91 Å². The van der Waals surface area contributed by atoms with E-state index in [1.165, 1.54) is 0 Å². The second kappa shape index (κ2) is 6.18. The molecule has 1 fully saturated rings. The Morgan fingerprint density at radius 1 is 1.31 bits per heavy atom. The van der Waals surface area contributed by atoms with Crippen molar-refractivity contribution in [2.75, 3.05) is 26.3 Å². The molecular formula is C11H22N2O3. The standard InChI is InChI=1S/C11H22N2O3/c1-4-15-9-6-13(11(14)8(3)12)7-10(9)16-5-2/h8-10H,4-7,12H2,1-3H3/t8-,9+,10+/m0/s1. The quantitative estimate of drug-likeness (QED) is 0.721. The summed E-state index contributed by atoms with van der Waals surface area (Å²) in [6, 6.07) is -0.456. The van der Waals surface area contributed by atoms with Gasteiger partial charge in [-0.1, -0.05) is 0 Å². The number of ether oxygens (including phenoxy) is 2. The van der Waals surface area contributed by atoms with Crippen molar-refractivity contribution in [1.82, 2.24) is 4.90 Å². The Hall–Kier alpha value is -0.650. The van der Waals surface area contributed by atoms with Crippen LogP contribution >= 0.6 is 0 Å². The van der Waals surface area contributed by atoms with Gasteiger partial charge in [0.25, 0.3) is 0 Å². The molecule has 1 heterocycles. The maximum absolute atomic E-state index is 11.7. The predicted molar refractivity (Wildman–Crippen MR) is 61.1 cm³/mol. The van der Waals surface area contributed by atoms with Gasteiger partial charge in [-0.05, 0) is 20.8 Å². The van der Waals surface area contributed by atoms with Crippen LogP contribution in [-0.2, 0) is 14.3 Å². The lowest BCUT2D eigenvalue weighted by Gasteiger charge is -2.17. The molecule has 0 radical (unpaired) electrons. The molecular weight excluding hydrogens is 208 g/mol. The average molecular weight is 230 g/mol. The Morgan fingerprint density at radius 3 is 2.06 bits per heavy atom. The Kier molecular flexibility index (Phi) is 5.18. The SMILES string of the molecule is CCO[C@@H]1CN(C(=O)[C@H](C)N)C[C@H]1OCC. The first kappa shape index (κ1) is 13.4. The van der Waals surface area contributed by atoms with Gasteiger partial charge in [0, 0.05) is 26.3 Å². The van der Waals surface area contributed by atoms with Crippen molar-refractivity contribution >= 4 is 5.91 Å². The third kappa shape index (κ3) is 3.17. The molecule has 16 heavy (non-hydrogen) atoms. The van der Waals surface area contributed by atoms with Crippen LogP contribution in [0, 0.1) is 0 Å². The van der Waals surface area contributed by atoms with E-state index in [1.54, 1.807) is 11.8 Å². The minimum absolute atomic E-state index is 0.0207. The van der Waals surface area contributed by atoms with Crippen LogP contribution in [0.25, 0.3) is 0 Å². The van der Waals surface area contributed by atoms with Crippen LogP contribution < -0.4 is 5.73 Å². The third-order valence-electron chi connectivity index (χ3n) is 2.68. The van der Waals surface area contributed by atoms with Gasteiger partial charge >= 0.3 is 0 Å². The number of amides is 1. The third-order valence-corrected chi connectivity index (χ3v) is 2.68. The molecule has 1 rings (SSSR count). The van der Waals surface area contributed by atoms with Gasteiger partial charge in [-0.2, -0.15) is 0 Å². The second-order valence-corrected chi connectivity index (χ2v) is 4.02. The lowest BCUT2D eigenvalue weighted by atomic mass is 10.2. The van der Waals surface area contributed by atoms with Gasteiger partial charge in [-0.3, -0.25) is 4.79 Å². The maximum atomic E-state index is 11.7. The van der Waals surface area contributed by atoms with Crippen LogP contribution in [-0.4, -0.2) is 55.4 Å². The van der Waals surface area contributed by atoms with E-state index in [9.17, 15) is 4.79 Å². The summed E-state index contributed by atoms with van der Waals surface area (Å²) in [4.78, 5) is 13.5. The first-order valence-corrected chi connectivity index (χ1v) is 5.87. The number of nitrogens with two attached hydrogens (primary N) is 1. The van der Waals surface area contributed by atoms with Crippen LogP contribution in [0.2, 0.25) is 0 Å². The summed E-state index contributed by atoms with van der Waals surface area (Å²) in [5, 5.41) is 0. The number of hydrogen-bond acceptors (Lipinski definition) is 4. The van der Waals surface area contributed by atoms with Crippen molar-refractivity contribution in [3.05, 3.63) is 0 Å². The topological polar surface area (TPSA) is 64.8 Å². The van der Waals surface area contributed by atoms with Crippen molar-refractivity contribution in [3.63, 3.8) is 0 Å². The van der Waals surface area contributed by atoms with Crippen LogP contribution in [0.4, 0.5) is 0 Å². The molecule has 2 N–H and O–H groups in total. The van der Waals surface area contributed by atoms with Gasteiger partial charge < -0.3 is 20.1 Å². The molecule has 0 spiro atoms. The number of nitrogens with zero attached hydrogens (tertiary/aromatic N) is 1. The molecule has 5 heteroatoms. The first-order valence-electron chi connectivity index (χ1n) is 5.87. The summed E-state index contributed by atoms with van der Waals surface area (Å²) in [5.41, 5.74) is 5.58. The summed E-state index contributed by atoms with van der Waals surface area (Å²) in [5.74, 6) is -0.0353. The predicted octanol–water partition coefficient (Wildman–Crippen LogP) is -0.0140. The van der Waals surface area contributed by atoms with E-state index in [2.05, 4.69) is 0 Å². The molecule has 3 atom stereocenters. The molecule has 94 valence electrons. The van der Waals surface area contributed by atoms with Crippen LogP contribution in [0.3, 0.4) is 0 Å². The smallest absolute Gasteiger partial charge is 0.239 e. The van der Waals surface area contributed by atoms with Crippen LogP contribution in [0.5, 0.6) is 0 Å². The van der Waals surface area contributed by atoms with E-state index in [0.29, 0.717) is 26.3 Å². The Bertz CT molecular complexity index is 219. The summed E-state index contributed by atoms with van der Waals surface area (Å²) in [6.45, 7) is 8.02. The van der Waals surface area contributed by atoms with Crippen molar-refractivity contribution in [2.45, 2.75) is 39.0 Å². The molecule has 0 unspecified atom stereocenters. The molecule has 0 saturated carbocycles. The van der Waals surface area contributed by atoms with E-state index in [4.69, 9.17) is 15.2 Å². The molecule has 1 aliphatic rings. The number of carbonyl (C=O) groups excluding carboxylic acids is 1. The molecule has 1 amide bonds. The van der Waals surface area contributed by atoms with Crippen LogP contribution in [0.15, 0.2) is 0 Å². The fourth-order valence-electron chi connectivity index (χ4n) is 1.96. The highest BCUT2D eigenvalue weighted by Gasteiger charge is 2.36. The summed E-state index contributed by atoms with van der Waals surface area (Å²) in [7, 11) is 0. The molecule has 0 aromatic rings. The Morgan fingerprint density at radius 2 is 1.75 bits per heavy atom. The van der Waals surface area contributed by atoms with Crippen LogP contribution in [0.1, 0.15) is 20.8 Å². The molecule has 1 saturated heterocycles. The lowest BCUT2D eigenvalue weighted by Crippen LogP contribution is -2.41. The highest BCUT2D eigenvalue weighted by Crippen LogP contribution is 2.17. The molecule has 0 aromatic carbocycles. The van der Waals surface area contributed by atoms with Crippen molar-refractivity contribution in [2.24, 2.45) is 5.73 Å². The summed E-state index contributed by atoms with van der Waals surface area (Å²) >= 11 is 0. The fourth-order valence-corrected chi connectivity index (χ4v) is 1.96. The number of carbonyl (C=O) groups is 1. The number of hydrogen-bond donors (Lipinski definition) is 1. The Labute approximate surface area is 96.9 Å². The van der Waals surface area contributed by atoms with Gasteiger partial charge in [0.05, 0.1) is 6.04 Å². The van der Waals surface area contributed by atoms with E-state index in [-0.39, 0.29) is 18.1 Å². The first-order chi connectivity index (χ1) is 7.60. The largest absolute Gasteiger partial charge is 0.374 e. The van der Waals surface area contributed by atoms with E-state index < -0.39 is 6.04 Å². The van der Waals surface area contributed by atoms with Crippen molar-refractivity contribution < 1.29 is 14.3 Å². The van der Waals surface area contributed by atoms with E-state index in [1.807, 2.05) is 13.8 Å². The molecule has 0 aromatic heterocycles. The average Bonchev–Trinajstić information content (AvgIpc) is 2.62. The fraction of sp³-hybridized carbons (Fsp3) is 0.909. The van der Waals surface area contributed by atoms with Gasteiger partial charge in [-0.15, -0.1) is 0 Å². The van der Waals surface area contributed by atoms with E-state index >= 15 is 0 Å². The molecule has 5 nitrogen and oxygen atoms in total.